The Labute approximate surface area is 174 Å². The van der Waals surface area contributed by atoms with Gasteiger partial charge in [-0.1, -0.05) is 6.07 Å². The van der Waals surface area contributed by atoms with Crippen molar-refractivity contribution in [2.24, 2.45) is 10.1 Å². The molecule has 0 radical (unpaired) electrons. The van der Waals surface area contributed by atoms with Crippen LogP contribution in [0.2, 0.25) is 0 Å². The topological polar surface area (TPSA) is 85.0 Å². The number of pyridine rings is 1. The van der Waals surface area contributed by atoms with E-state index < -0.39 is 5.91 Å². The normalized spacial score (nSPS) is 17.5. The molecule has 0 aliphatic carbocycles. The average Bonchev–Trinajstić information content (AvgIpc) is 3.10. The number of halogens is 1. The van der Waals surface area contributed by atoms with Crippen LogP contribution in [0.3, 0.4) is 0 Å². The third kappa shape index (κ3) is 3.38. The van der Waals surface area contributed by atoms with E-state index in [0.29, 0.717) is 10.2 Å². The zero-order chi connectivity index (χ0) is 19.8. The van der Waals surface area contributed by atoms with Gasteiger partial charge in [0.15, 0.2) is 5.84 Å². The molecule has 9 heteroatoms. The number of hydrazone groups is 1. The van der Waals surface area contributed by atoms with Gasteiger partial charge in [0.2, 0.25) is 5.17 Å². The molecule has 0 fully saturated rings. The molecule has 1 aromatic heterocycles. The molecule has 0 saturated heterocycles. The highest BCUT2D eigenvalue weighted by Gasteiger charge is 2.36. The molecule has 1 N–H and O–H groups in total. The maximum Gasteiger partial charge on any atom is 0.283 e. The molecular weight excluding hydrogens is 440 g/mol. The fourth-order valence-electron chi connectivity index (χ4n) is 2.74. The molecule has 28 heavy (non-hydrogen) atoms. The monoisotopic (exact) mass is 454 g/mol. The molecule has 0 atom stereocenters. The fourth-order valence-corrected chi connectivity index (χ4v) is 4.37. The zero-order valence-corrected chi connectivity index (χ0v) is 17.5. The number of thioether (sulfide) groups is 1. The summed E-state index contributed by atoms with van der Waals surface area (Å²) in [5, 5.41) is 15.4. The van der Waals surface area contributed by atoms with Crippen molar-refractivity contribution in [2.45, 2.75) is 0 Å². The summed E-state index contributed by atoms with van der Waals surface area (Å²) in [5.74, 6) is -0.437. The molecule has 0 unspecified atom stereocenters. The first-order valence-electron chi connectivity index (χ1n) is 8.31. The zero-order valence-electron chi connectivity index (χ0n) is 15.0. The maximum absolute atomic E-state index is 12.5. The van der Waals surface area contributed by atoms with Gasteiger partial charge < -0.3 is 4.90 Å². The van der Waals surface area contributed by atoms with E-state index in [1.807, 2.05) is 49.3 Å². The van der Waals surface area contributed by atoms with Gasteiger partial charge in [0.05, 0.1) is 11.3 Å². The average molecular weight is 455 g/mol. The Morgan fingerprint density at radius 3 is 2.79 bits per heavy atom. The van der Waals surface area contributed by atoms with Crippen molar-refractivity contribution in [1.82, 2.24) is 9.99 Å². The number of amides is 1. The lowest BCUT2D eigenvalue weighted by molar-refractivity contribution is -0.114. The molecule has 0 bridgehead atoms. The molecule has 7 nitrogen and oxygen atoms in total. The van der Waals surface area contributed by atoms with Crippen molar-refractivity contribution in [2.75, 3.05) is 19.0 Å². The first-order valence-corrected chi connectivity index (χ1v) is 9.92. The van der Waals surface area contributed by atoms with Gasteiger partial charge >= 0.3 is 0 Å². The van der Waals surface area contributed by atoms with E-state index in [2.05, 4.69) is 31.0 Å². The van der Waals surface area contributed by atoms with Crippen LogP contribution in [0.5, 0.6) is 0 Å². The van der Waals surface area contributed by atoms with Crippen LogP contribution >= 0.6 is 27.7 Å². The highest BCUT2D eigenvalue weighted by atomic mass is 79.9. The molecule has 1 aromatic carbocycles. The van der Waals surface area contributed by atoms with Crippen molar-refractivity contribution < 1.29 is 4.79 Å². The molecule has 140 valence electrons. The summed E-state index contributed by atoms with van der Waals surface area (Å²) < 4.78 is 0.902. The van der Waals surface area contributed by atoms with Gasteiger partial charge in [-0.15, -0.1) is 0 Å². The number of carbonyl (C=O) groups is 1. The highest BCUT2D eigenvalue weighted by Crippen LogP contribution is 2.31. The number of rotatable bonds is 3. The van der Waals surface area contributed by atoms with Crippen molar-refractivity contribution in [3.8, 4) is 0 Å². The minimum atomic E-state index is -0.445. The van der Waals surface area contributed by atoms with Crippen LogP contribution in [0.15, 0.2) is 62.9 Å². The summed E-state index contributed by atoms with van der Waals surface area (Å²) in [5.41, 5.74) is 2.84. The lowest BCUT2D eigenvalue weighted by Gasteiger charge is -2.20. The molecule has 3 heterocycles. The maximum atomic E-state index is 12.5. The highest BCUT2D eigenvalue weighted by molar-refractivity contribution is 9.10. The Morgan fingerprint density at radius 1 is 1.29 bits per heavy atom. The molecular formula is C19H15BrN6OS. The summed E-state index contributed by atoms with van der Waals surface area (Å²) in [4.78, 5) is 22.7. The number of anilines is 1. The SMILES string of the molecule is CN(C)c1ccc(/C=C2\C(=N)N3N=C(c4cccnc4)SC3=NC2=O)cc1Br. The van der Waals surface area contributed by atoms with Crippen molar-refractivity contribution >= 4 is 61.4 Å². The minimum absolute atomic E-state index is 0.00852. The molecule has 4 rings (SSSR count). The number of nitrogens with zero attached hydrogens (tertiary/aromatic N) is 5. The molecule has 0 saturated carbocycles. The second-order valence-electron chi connectivity index (χ2n) is 6.27. The van der Waals surface area contributed by atoms with E-state index in [0.717, 1.165) is 21.3 Å². The van der Waals surface area contributed by atoms with Crippen LogP contribution in [-0.4, -0.2) is 46.0 Å². The Kier molecular flexibility index (Phi) is 4.86. The number of hydrogen-bond donors (Lipinski definition) is 1. The second-order valence-corrected chi connectivity index (χ2v) is 8.08. The van der Waals surface area contributed by atoms with Crippen LogP contribution in [0.25, 0.3) is 6.08 Å². The molecule has 0 spiro atoms. The summed E-state index contributed by atoms with van der Waals surface area (Å²) in [6.45, 7) is 0. The van der Waals surface area contributed by atoms with Crippen LogP contribution in [0.4, 0.5) is 5.69 Å². The second kappa shape index (κ2) is 7.33. The predicted molar refractivity (Wildman–Crippen MR) is 117 cm³/mol. The van der Waals surface area contributed by atoms with E-state index >= 15 is 0 Å². The van der Waals surface area contributed by atoms with E-state index in [9.17, 15) is 4.79 Å². The third-order valence-corrected chi connectivity index (χ3v) is 5.72. The summed E-state index contributed by atoms with van der Waals surface area (Å²) in [6.07, 6.45) is 5.04. The van der Waals surface area contributed by atoms with Gasteiger partial charge in [0, 0.05) is 36.5 Å². The fraction of sp³-hybridized carbons (Fsp3) is 0.105. The van der Waals surface area contributed by atoms with E-state index in [-0.39, 0.29) is 11.4 Å². The van der Waals surface area contributed by atoms with Crippen LogP contribution in [-0.2, 0) is 4.79 Å². The van der Waals surface area contributed by atoms with Gasteiger partial charge in [0.25, 0.3) is 5.91 Å². The van der Waals surface area contributed by atoms with Crippen molar-refractivity contribution in [1.29, 1.82) is 5.41 Å². The van der Waals surface area contributed by atoms with Crippen LogP contribution in [0, 0.1) is 5.41 Å². The van der Waals surface area contributed by atoms with Gasteiger partial charge in [-0.3, -0.25) is 15.2 Å². The van der Waals surface area contributed by atoms with Gasteiger partial charge in [-0.05, 0) is 63.6 Å². The summed E-state index contributed by atoms with van der Waals surface area (Å²) in [7, 11) is 3.91. The Balaban J connectivity index is 1.67. The molecule has 1 amide bonds. The quantitative estimate of drug-likeness (QED) is 0.716. The van der Waals surface area contributed by atoms with Crippen LogP contribution < -0.4 is 4.90 Å². The first kappa shape index (κ1) is 18.6. The third-order valence-electron chi connectivity index (χ3n) is 4.13. The number of fused-ring (bicyclic) bond motifs is 1. The number of amidine groups is 2. The molecule has 2 aromatic rings. The Hall–Kier alpha value is -2.78. The number of aliphatic imine (C=N–C) groups is 1. The van der Waals surface area contributed by atoms with Crippen molar-refractivity contribution in [3.05, 3.63) is 63.9 Å². The van der Waals surface area contributed by atoms with E-state index in [4.69, 9.17) is 5.41 Å². The van der Waals surface area contributed by atoms with Crippen molar-refractivity contribution in [3.63, 3.8) is 0 Å². The lowest BCUT2D eigenvalue weighted by Crippen LogP contribution is -2.35. The standard InChI is InChI=1S/C19H15BrN6OS/c1-25(2)15-6-5-11(9-14(15)20)8-13-16(21)26-19(23-17(13)27)28-18(24-26)12-4-3-7-22-10-12/h3-10,21H,1-2H3/b13-8+,21-16?. The number of benzene rings is 1. The van der Waals surface area contributed by atoms with Gasteiger partial charge in [-0.2, -0.15) is 15.1 Å². The van der Waals surface area contributed by atoms with Gasteiger partial charge in [0.1, 0.15) is 5.04 Å². The Bertz CT molecular complexity index is 1080. The number of nitrogens with one attached hydrogen (secondary N) is 1. The lowest BCUT2D eigenvalue weighted by atomic mass is 10.1. The first-order chi connectivity index (χ1) is 13.4. The van der Waals surface area contributed by atoms with E-state index in [1.54, 1.807) is 18.5 Å². The minimum Gasteiger partial charge on any atom is -0.377 e. The van der Waals surface area contributed by atoms with Crippen LogP contribution in [0.1, 0.15) is 11.1 Å². The molecule has 2 aliphatic heterocycles. The predicted octanol–water partition coefficient (Wildman–Crippen LogP) is 3.58. The number of carbonyl (C=O) groups excluding carboxylic acids is 1. The van der Waals surface area contributed by atoms with E-state index in [1.165, 1.54) is 16.8 Å². The Morgan fingerprint density at radius 2 is 2.11 bits per heavy atom. The largest absolute Gasteiger partial charge is 0.377 e. The summed E-state index contributed by atoms with van der Waals surface area (Å²) >= 11 is 4.80. The smallest absolute Gasteiger partial charge is 0.283 e. The number of aromatic nitrogens is 1. The molecule has 2 aliphatic rings. The van der Waals surface area contributed by atoms with Gasteiger partial charge in [-0.25, -0.2) is 0 Å². The summed E-state index contributed by atoms with van der Waals surface area (Å²) in [6, 6.07) is 9.45. The number of hydrogen-bond acceptors (Lipinski definition) is 6.